The van der Waals surface area contributed by atoms with Gasteiger partial charge in [0, 0.05) is 6.04 Å². The molecule has 0 radical (unpaired) electrons. The van der Waals surface area contributed by atoms with E-state index in [0.29, 0.717) is 6.04 Å². The van der Waals surface area contributed by atoms with Crippen LogP contribution in [0.1, 0.15) is 32.6 Å². The minimum atomic E-state index is -0.170. The Labute approximate surface area is 87.5 Å². The topological polar surface area (TPSA) is 35.5 Å². The molecular weight excluding hydrogens is 176 g/mol. The van der Waals surface area contributed by atoms with Crippen LogP contribution in [0.4, 0.5) is 0 Å². The van der Waals surface area contributed by atoms with Crippen molar-refractivity contribution in [3.05, 3.63) is 0 Å². The summed E-state index contributed by atoms with van der Waals surface area (Å²) in [6.07, 6.45) is 4.52. The first kappa shape index (κ1) is 12.0. The highest BCUT2D eigenvalue weighted by atomic mass is 16.3. The molecule has 2 atom stereocenters. The minimum absolute atomic E-state index is 0.170. The van der Waals surface area contributed by atoms with Crippen molar-refractivity contribution >= 4 is 0 Å². The van der Waals surface area contributed by atoms with E-state index in [2.05, 4.69) is 17.3 Å². The second-order valence-electron chi connectivity index (χ2n) is 4.52. The second-order valence-corrected chi connectivity index (χ2v) is 4.52. The molecule has 2 N–H and O–H groups in total. The molecule has 0 aromatic rings. The summed E-state index contributed by atoms with van der Waals surface area (Å²) in [5.74, 6) is 0. The summed E-state index contributed by atoms with van der Waals surface area (Å²) in [6, 6.07) is 0.665. The number of hydrogen-bond acceptors (Lipinski definition) is 3. The standard InChI is InChI=1S/C11H24N2O/c1-10(14)5-7-12-11-4-3-8-13(2)9-6-11/h10-12,14H,3-9H2,1-2H3. The molecule has 1 aliphatic rings. The van der Waals surface area contributed by atoms with Crippen LogP contribution in [0.5, 0.6) is 0 Å². The Hall–Kier alpha value is -0.120. The van der Waals surface area contributed by atoms with Crippen LogP contribution in [0.15, 0.2) is 0 Å². The van der Waals surface area contributed by atoms with Gasteiger partial charge in [-0.2, -0.15) is 0 Å². The van der Waals surface area contributed by atoms with Crippen LogP contribution in [0.2, 0.25) is 0 Å². The molecule has 14 heavy (non-hydrogen) atoms. The average molecular weight is 200 g/mol. The first-order valence-corrected chi connectivity index (χ1v) is 5.78. The maximum absolute atomic E-state index is 9.13. The molecule has 0 spiro atoms. The lowest BCUT2D eigenvalue weighted by Gasteiger charge is -2.17. The highest BCUT2D eigenvalue weighted by Gasteiger charge is 2.13. The monoisotopic (exact) mass is 200 g/mol. The maximum atomic E-state index is 9.13. The molecule has 1 rings (SSSR count). The lowest BCUT2D eigenvalue weighted by atomic mass is 10.1. The zero-order valence-electron chi connectivity index (χ0n) is 9.50. The number of nitrogens with zero attached hydrogens (tertiary/aromatic N) is 1. The van der Waals surface area contributed by atoms with Crippen molar-refractivity contribution in [2.75, 3.05) is 26.7 Å². The van der Waals surface area contributed by atoms with E-state index >= 15 is 0 Å². The summed E-state index contributed by atoms with van der Waals surface area (Å²) < 4.78 is 0. The van der Waals surface area contributed by atoms with Crippen LogP contribution >= 0.6 is 0 Å². The van der Waals surface area contributed by atoms with Gasteiger partial charge < -0.3 is 15.3 Å². The summed E-state index contributed by atoms with van der Waals surface area (Å²) in [6.45, 7) is 5.23. The Kier molecular flexibility index (Phi) is 5.45. The summed E-state index contributed by atoms with van der Waals surface area (Å²) in [5.41, 5.74) is 0. The van der Waals surface area contributed by atoms with Crippen molar-refractivity contribution in [2.24, 2.45) is 0 Å². The molecule has 1 saturated heterocycles. The van der Waals surface area contributed by atoms with E-state index < -0.39 is 0 Å². The molecule has 2 unspecified atom stereocenters. The molecule has 0 bridgehead atoms. The molecule has 1 fully saturated rings. The van der Waals surface area contributed by atoms with Gasteiger partial charge in [-0.15, -0.1) is 0 Å². The van der Waals surface area contributed by atoms with Crippen LogP contribution in [-0.2, 0) is 0 Å². The SMILES string of the molecule is CC(O)CCNC1CCCN(C)CC1. The summed E-state index contributed by atoms with van der Waals surface area (Å²) in [7, 11) is 2.19. The Bertz CT molecular complexity index is 150. The predicted molar refractivity (Wildman–Crippen MR) is 59.4 cm³/mol. The Balaban J connectivity index is 2.11. The highest BCUT2D eigenvalue weighted by Crippen LogP contribution is 2.09. The highest BCUT2D eigenvalue weighted by molar-refractivity contribution is 4.73. The van der Waals surface area contributed by atoms with E-state index in [1.54, 1.807) is 0 Å². The summed E-state index contributed by atoms with van der Waals surface area (Å²) >= 11 is 0. The third-order valence-electron chi connectivity index (χ3n) is 2.95. The lowest BCUT2D eigenvalue weighted by Crippen LogP contribution is -2.32. The second kappa shape index (κ2) is 6.38. The van der Waals surface area contributed by atoms with Gasteiger partial charge in [0.2, 0.25) is 0 Å². The Morgan fingerprint density at radius 3 is 2.93 bits per heavy atom. The molecule has 0 amide bonds. The third-order valence-corrected chi connectivity index (χ3v) is 2.95. The molecule has 0 aromatic heterocycles. The molecule has 0 aliphatic carbocycles. The molecule has 1 heterocycles. The molecular formula is C11H24N2O. The number of hydrogen-bond donors (Lipinski definition) is 2. The third kappa shape index (κ3) is 4.94. The quantitative estimate of drug-likeness (QED) is 0.705. The molecule has 1 aliphatic heterocycles. The van der Waals surface area contributed by atoms with Crippen molar-refractivity contribution in [2.45, 2.75) is 44.8 Å². The normalized spacial score (nSPS) is 27.2. The van der Waals surface area contributed by atoms with E-state index in [9.17, 15) is 0 Å². The molecule has 3 nitrogen and oxygen atoms in total. The molecule has 3 heteroatoms. The molecule has 0 saturated carbocycles. The van der Waals surface area contributed by atoms with Crippen LogP contribution < -0.4 is 5.32 Å². The van der Waals surface area contributed by atoms with E-state index in [4.69, 9.17) is 5.11 Å². The van der Waals surface area contributed by atoms with Gasteiger partial charge in [0.15, 0.2) is 0 Å². The number of aliphatic hydroxyl groups is 1. The number of nitrogens with one attached hydrogen (secondary N) is 1. The van der Waals surface area contributed by atoms with Crippen LogP contribution in [0.25, 0.3) is 0 Å². The fourth-order valence-electron chi connectivity index (χ4n) is 1.94. The van der Waals surface area contributed by atoms with Gasteiger partial charge in [-0.25, -0.2) is 0 Å². The Morgan fingerprint density at radius 2 is 2.21 bits per heavy atom. The van der Waals surface area contributed by atoms with E-state index in [1.807, 2.05) is 6.92 Å². The first-order chi connectivity index (χ1) is 6.68. The van der Waals surface area contributed by atoms with E-state index in [1.165, 1.54) is 32.4 Å². The summed E-state index contributed by atoms with van der Waals surface area (Å²) in [5, 5.41) is 12.7. The minimum Gasteiger partial charge on any atom is -0.393 e. The van der Waals surface area contributed by atoms with Gasteiger partial charge in [0.25, 0.3) is 0 Å². The van der Waals surface area contributed by atoms with Crippen LogP contribution in [0, 0.1) is 0 Å². The van der Waals surface area contributed by atoms with Gasteiger partial charge >= 0.3 is 0 Å². The van der Waals surface area contributed by atoms with Gasteiger partial charge in [-0.1, -0.05) is 0 Å². The van der Waals surface area contributed by atoms with Crippen molar-refractivity contribution in [3.8, 4) is 0 Å². The summed E-state index contributed by atoms with van der Waals surface area (Å²) in [4.78, 5) is 2.40. The van der Waals surface area contributed by atoms with Crippen LogP contribution in [0.3, 0.4) is 0 Å². The number of likely N-dealkylation sites (tertiary alicyclic amines) is 1. The van der Waals surface area contributed by atoms with E-state index in [-0.39, 0.29) is 6.10 Å². The number of aliphatic hydroxyl groups excluding tert-OH is 1. The fourth-order valence-corrected chi connectivity index (χ4v) is 1.94. The van der Waals surface area contributed by atoms with Crippen LogP contribution in [-0.4, -0.2) is 48.8 Å². The van der Waals surface area contributed by atoms with Gasteiger partial charge in [-0.3, -0.25) is 0 Å². The Morgan fingerprint density at radius 1 is 1.43 bits per heavy atom. The average Bonchev–Trinajstić information content (AvgIpc) is 2.30. The van der Waals surface area contributed by atoms with Crippen molar-refractivity contribution in [1.29, 1.82) is 0 Å². The fraction of sp³-hybridized carbons (Fsp3) is 1.00. The maximum Gasteiger partial charge on any atom is 0.0524 e. The van der Waals surface area contributed by atoms with Gasteiger partial charge in [0.1, 0.15) is 0 Å². The van der Waals surface area contributed by atoms with Crippen molar-refractivity contribution < 1.29 is 5.11 Å². The lowest BCUT2D eigenvalue weighted by molar-refractivity contribution is 0.181. The number of rotatable bonds is 4. The largest absolute Gasteiger partial charge is 0.393 e. The zero-order chi connectivity index (χ0) is 10.4. The molecule has 84 valence electrons. The van der Waals surface area contributed by atoms with Crippen molar-refractivity contribution in [1.82, 2.24) is 10.2 Å². The van der Waals surface area contributed by atoms with Gasteiger partial charge in [-0.05, 0) is 59.3 Å². The van der Waals surface area contributed by atoms with E-state index in [0.717, 1.165) is 13.0 Å². The smallest absolute Gasteiger partial charge is 0.0524 e. The van der Waals surface area contributed by atoms with Crippen molar-refractivity contribution in [3.63, 3.8) is 0 Å². The predicted octanol–water partition coefficient (Wildman–Crippen LogP) is 0.831. The zero-order valence-corrected chi connectivity index (χ0v) is 9.50. The molecule has 0 aromatic carbocycles. The first-order valence-electron chi connectivity index (χ1n) is 5.78. The van der Waals surface area contributed by atoms with Gasteiger partial charge in [0.05, 0.1) is 6.10 Å².